The Hall–Kier alpha value is -1.93. The Morgan fingerprint density at radius 1 is 1.44 bits per heavy atom. The Morgan fingerprint density at radius 2 is 2.20 bits per heavy atom. The zero-order valence-corrected chi connectivity index (χ0v) is 15.3. The molecule has 1 aliphatic rings. The average molecular weight is 351 g/mol. The number of rotatable bonds is 6. The van der Waals surface area contributed by atoms with E-state index in [0.29, 0.717) is 25.5 Å². The van der Waals surface area contributed by atoms with Crippen molar-refractivity contribution in [1.29, 1.82) is 0 Å². The third-order valence-electron chi connectivity index (χ3n) is 4.23. The first-order valence-electron chi connectivity index (χ1n) is 8.77. The third kappa shape index (κ3) is 5.82. The summed E-state index contributed by atoms with van der Waals surface area (Å²) in [6.07, 6.45) is 1.73. The van der Waals surface area contributed by atoms with Crippen molar-refractivity contribution < 1.29 is 14.1 Å². The van der Waals surface area contributed by atoms with Crippen molar-refractivity contribution in [3.8, 4) is 0 Å². The number of aromatic nitrogens is 1. The number of hydrogen-bond donors (Lipinski definition) is 3. The molecule has 2 amide bonds. The van der Waals surface area contributed by atoms with Gasteiger partial charge in [0.2, 0.25) is 17.7 Å². The van der Waals surface area contributed by atoms with Crippen LogP contribution in [0.2, 0.25) is 0 Å². The van der Waals surface area contributed by atoms with Gasteiger partial charge in [-0.1, -0.05) is 25.9 Å². The van der Waals surface area contributed by atoms with Crippen LogP contribution in [0.4, 0.5) is 5.88 Å². The molecule has 4 N–H and O–H groups in total. The van der Waals surface area contributed by atoms with E-state index < -0.39 is 0 Å². The molecular formula is C17H29N5O3. The van der Waals surface area contributed by atoms with Crippen molar-refractivity contribution in [1.82, 2.24) is 15.4 Å². The van der Waals surface area contributed by atoms with Crippen LogP contribution >= 0.6 is 0 Å². The molecule has 8 heteroatoms. The molecule has 0 bridgehead atoms. The molecule has 1 unspecified atom stereocenters. The molecule has 2 rings (SSSR count). The van der Waals surface area contributed by atoms with E-state index in [1.165, 1.54) is 0 Å². The maximum absolute atomic E-state index is 12.2. The van der Waals surface area contributed by atoms with Gasteiger partial charge in [-0.15, -0.1) is 0 Å². The van der Waals surface area contributed by atoms with Crippen LogP contribution in [0.3, 0.4) is 0 Å². The van der Waals surface area contributed by atoms with E-state index in [0.717, 1.165) is 25.1 Å². The number of hydrogen-bond acceptors (Lipinski definition) is 6. The molecule has 0 saturated carbocycles. The second-order valence-electron chi connectivity index (χ2n) is 7.53. The van der Waals surface area contributed by atoms with Crippen molar-refractivity contribution >= 4 is 17.7 Å². The molecule has 1 atom stereocenters. The van der Waals surface area contributed by atoms with Crippen molar-refractivity contribution in [3.63, 3.8) is 0 Å². The quantitative estimate of drug-likeness (QED) is 0.695. The lowest BCUT2D eigenvalue weighted by atomic mass is 9.92. The van der Waals surface area contributed by atoms with Crippen LogP contribution in [0.1, 0.15) is 39.3 Å². The van der Waals surface area contributed by atoms with E-state index >= 15 is 0 Å². The molecule has 140 valence electrons. The van der Waals surface area contributed by atoms with E-state index in [1.807, 2.05) is 25.7 Å². The van der Waals surface area contributed by atoms with Crippen LogP contribution in [0.5, 0.6) is 0 Å². The van der Waals surface area contributed by atoms with Gasteiger partial charge >= 0.3 is 0 Å². The molecule has 0 aromatic carbocycles. The van der Waals surface area contributed by atoms with Gasteiger partial charge < -0.3 is 15.6 Å². The van der Waals surface area contributed by atoms with Gasteiger partial charge in [-0.3, -0.25) is 19.8 Å². The SMILES string of the molecule is CC(C)(C)c1cc(NC(=O)CN2CCCC(C(=O)NCCN)C2)on1. The molecule has 0 spiro atoms. The largest absolute Gasteiger partial charge is 0.355 e. The lowest BCUT2D eigenvalue weighted by Crippen LogP contribution is -2.46. The second kappa shape index (κ2) is 8.44. The normalized spacial score (nSPS) is 18.8. The van der Waals surface area contributed by atoms with E-state index in [1.54, 1.807) is 6.07 Å². The number of piperidine rings is 1. The fourth-order valence-electron chi connectivity index (χ4n) is 2.82. The van der Waals surface area contributed by atoms with Gasteiger partial charge in [0.15, 0.2) is 0 Å². The highest BCUT2D eigenvalue weighted by atomic mass is 16.5. The Morgan fingerprint density at radius 3 is 2.84 bits per heavy atom. The molecule has 0 aliphatic carbocycles. The fraction of sp³-hybridized carbons (Fsp3) is 0.706. The minimum Gasteiger partial charge on any atom is -0.355 e. The van der Waals surface area contributed by atoms with E-state index in [9.17, 15) is 9.59 Å². The zero-order valence-electron chi connectivity index (χ0n) is 15.3. The van der Waals surface area contributed by atoms with Crippen molar-refractivity contribution in [2.45, 2.75) is 39.0 Å². The molecule has 8 nitrogen and oxygen atoms in total. The van der Waals surface area contributed by atoms with E-state index in [-0.39, 0.29) is 29.7 Å². The first kappa shape index (κ1) is 19.4. The Kier molecular flexibility index (Phi) is 6.55. The third-order valence-corrected chi connectivity index (χ3v) is 4.23. The van der Waals surface area contributed by atoms with Crippen LogP contribution in [0.25, 0.3) is 0 Å². The first-order valence-corrected chi connectivity index (χ1v) is 8.77. The van der Waals surface area contributed by atoms with Crippen LogP contribution in [0.15, 0.2) is 10.6 Å². The predicted octanol–water partition coefficient (Wildman–Crippen LogP) is 0.698. The average Bonchev–Trinajstić information content (AvgIpc) is 3.01. The summed E-state index contributed by atoms with van der Waals surface area (Å²) >= 11 is 0. The Bertz CT molecular complexity index is 593. The molecule has 1 fully saturated rings. The van der Waals surface area contributed by atoms with E-state index in [4.69, 9.17) is 10.3 Å². The van der Waals surface area contributed by atoms with Crippen LogP contribution in [-0.4, -0.2) is 54.6 Å². The highest BCUT2D eigenvalue weighted by molar-refractivity contribution is 5.91. The van der Waals surface area contributed by atoms with Gasteiger partial charge in [-0.2, -0.15) is 0 Å². The molecular weight excluding hydrogens is 322 g/mol. The first-order chi connectivity index (χ1) is 11.8. The summed E-state index contributed by atoms with van der Waals surface area (Å²) in [5.41, 5.74) is 6.06. The van der Waals surface area contributed by atoms with Gasteiger partial charge in [0, 0.05) is 31.1 Å². The summed E-state index contributed by atoms with van der Waals surface area (Å²) in [4.78, 5) is 26.3. The van der Waals surface area contributed by atoms with Gasteiger partial charge in [0.1, 0.15) is 0 Å². The number of nitrogens with zero attached hydrogens (tertiary/aromatic N) is 2. The van der Waals surface area contributed by atoms with E-state index in [2.05, 4.69) is 15.8 Å². The Balaban J connectivity index is 1.83. The number of carbonyl (C=O) groups excluding carboxylic acids is 2. The van der Waals surface area contributed by atoms with Gasteiger partial charge in [0.05, 0.1) is 18.2 Å². The Labute approximate surface area is 148 Å². The topological polar surface area (TPSA) is 113 Å². The number of likely N-dealkylation sites (tertiary alicyclic amines) is 1. The predicted molar refractivity (Wildman–Crippen MR) is 95.1 cm³/mol. The molecule has 1 saturated heterocycles. The highest BCUT2D eigenvalue weighted by Gasteiger charge is 2.27. The standard InChI is InChI=1S/C17H29N5O3/c1-17(2,3)13-9-15(25-21-13)20-14(23)11-22-8-4-5-12(10-22)16(24)19-7-6-18/h9,12H,4-8,10-11,18H2,1-3H3,(H,19,24)(H,20,23). The number of anilines is 1. The van der Waals surface area contributed by atoms with Crippen molar-refractivity contribution in [2.75, 3.05) is 38.0 Å². The number of carbonyl (C=O) groups is 2. The van der Waals surface area contributed by atoms with Crippen molar-refractivity contribution in [2.24, 2.45) is 11.7 Å². The van der Waals surface area contributed by atoms with Crippen LogP contribution in [-0.2, 0) is 15.0 Å². The van der Waals surface area contributed by atoms with Crippen LogP contribution in [0, 0.1) is 5.92 Å². The molecule has 0 radical (unpaired) electrons. The van der Waals surface area contributed by atoms with Gasteiger partial charge in [-0.05, 0) is 19.4 Å². The maximum Gasteiger partial charge on any atom is 0.240 e. The second-order valence-corrected chi connectivity index (χ2v) is 7.53. The molecule has 1 aromatic heterocycles. The van der Waals surface area contributed by atoms with Crippen LogP contribution < -0.4 is 16.4 Å². The summed E-state index contributed by atoms with van der Waals surface area (Å²) in [5, 5.41) is 9.54. The summed E-state index contributed by atoms with van der Waals surface area (Å²) in [7, 11) is 0. The minimum absolute atomic E-state index is 0.0145. The smallest absolute Gasteiger partial charge is 0.240 e. The summed E-state index contributed by atoms with van der Waals surface area (Å²) in [5.74, 6) is 0.107. The zero-order chi connectivity index (χ0) is 18.4. The van der Waals surface area contributed by atoms with Gasteiger partial charge in [0.25, 0.3) is 0 Å². The molecule has 1 aromatic rings. The monoisotopic (exact) mass is 351 g/mol. The molecule has 25 heavy (non-hydrogen) atoms. The lowest BCUT2D eigenvalue weighted by molar-refractivity contribution is -0.127. The van der Waals surface area contributed by atoms with Gasteiger partial charge in [-0.25, -0.2) is 0 Å². The number of amides is 2. The number of nitrogens with one attached hydrogen (secondary N) is 2. The molecule has 2 heterocycles. The summed E-state index contributed by atoms with van der Waals surface area (Å²) < 4.78 is 5.18. The minimum atomic E-state index is -0.167. The molecule has 1 aliphatic heterocycles. The summed E-state index contributed by atoms with van der Waals surface area (Å²) in [6.45, 7) is 8.60. The lowest BCUT2D eigenvalue weighted by Gasteiger charge is -2.31. The van der Waals surface area contributed by atoms with Crippen molar-refractivity contribution in [3.05, 3.63) is 11.8 Å². The maximum atomic E-state index is 12.2. The highest BCUT2D eigenvalue weighted by Crippen LogP contribution is 2.23. The summed E-state index contributed by atoms with van der Waals surface area (Å²) in [6, 6.07) is 1.75. The fourth-order valence-corrected chi connectivity index (χ4v) is 2.82. The number of nitrogens with two attached hydrogens (primary N) is 1.